The summed E-state index contributed by atoms with van der Waals surface area (Å²) in [6.45, 7) is 7.49. The van der Waals surface area contributed by atoms with E-state index in [1.807, 2.05) is 20.8 Å². The van der Waals surface area contributed by atoms with Gasteiger partial charge in [-0.25, -0.2) is 0 Å². The van der Waals surface area contributed by atoms with Crippen LogP contribution in [-0.2, 0) is 0 Å². The van der Waals surface area contributed by atoms with Crippen LogP contribution in [0.4, 0.5) is 0 Å². The fraction of sp³-hybridized carbons (Fsp3) is 0.556. The number of aromatic nitrogens is 1. The van der Waals surface area contributed by atoms with Gasteiger partial charge in [-0.2, -0.15) is 0 Å². The molecule has 0 spiro atoms. The number of carbonyl (C=O) groups excluding carboxylic acids is 1. The average molecular weight is 182 g/mol. The topological polar surface area (TPSA) is 55.1 Å². The minimum atomic E-state index is -0.235. The van der Waals surface area contributed by atoms with Crippen molar-refractivity contribution in [3.05, 3.63) is 17.5 Å². The molecule has 1 aromatic rings. The van der Waals surface area contributed by atoms with E-state index in [1.165, 1.54) is 6.20 Å². The van der Waals surface area contributed by atoms with Crippen LogP contribution in [0, 0.1) is 6.92 Å². The van der Waals surface area contributed by atoms with E-state index in [1.54, 1.807) is 6.92 Å². The van der Waals surface area contributed by atoms with E-state index in [0.29, 0.717) is 11.3 Å². The molecule has 1 aromatic heterocycles. The maximum atomic E-state index is 11.5. The molecule has 0 aliphatic carbocycles. The molecule has 72 valence electrons. The van der Waals surface area contributed by atoms with Crippen LogP contribution in [0.15, 0.2) is 10.7 Å². The number of amides is 1. The fourth-order valence-electron chi connectivity index (χ4n) is 0.925. The van der Waals surface area contributed by atoms with Crippen LogP contribution in [0.1, 0.15) is 36.9 Å². The van der Waals surface area contributed by atoms with Crippen molar-refractivity contribution in [1.29, 1.82) is 0 Å². The molecule has 0 unspecified atom stereocenters. The van der Waals surface area contributed by atoms with Crippen LogP contribution < -0.4 is 5.32 Å². The monoisotopic (exact) mass is 182 g/mol. The molecule has 0 radical (unpaired) electrons. The van der Waals surface area contributed by atoms with E-state index in [-0.39, 0.29) is 11.4 Å². The van der Waals surface area contributed by atoms with Gasteiger partial charge in [-0.3, -0.25) is 4.79 Å². The molecule has 0 atom stereocenters. The number of aryl methyl sites for hydroxylation is 1. The molecular weight excluding hydrogens is 168 g/mol. The first-order chi connectivity index (χ1) is 5.90. The third-order valence-electron chi connectivity index (χ3n) is 1.48. The van der Waals surface area contributed by atoms with Crippen LogP contribution in [0.3, 0.4) is 0 Å². The molecule has 1 amide bonds. The number of nitrogens with one attached hydrogen (secondary N) is 1. The van der Waals surface area contributed by atoms with Gasteiger partial charge < -0.3 is 9.84 Å². The van der Waals surface area contributed by atoms with Gasteiger partial charge in [-0.05, 0) is 27.7 Å². The zero-order valence-electron chi connectivity index (χ0n) is 8.34. The third-order valence-corrected chi connectivity index (χ3v) is 1.48. The predicted molar refractivity (Wildman–Crippen MR) is 48.5 cm³/mol. The summed E-state index contributed by atoms with van der Waals surface area (Å²) in [6, 6.07) is 0. The van der Waals surface area contributed by atoms with Gasteiger partial charge in [0.1, 0.15) is 11.3 Å². The molecule has 4 nitrogen and oxygen atoms in total. The Balaban J connectivity index is 2.76. The second kappa shape index (κ2) is 3.20. The quantitative estimate of drug-likeness (QED) is 0.716. The lowest BCUT2D eigenvalue weighted by atomic mass is 10.1. The first-order valence-electron chi connectivity index (χ1n) is 4.14. The van der Waals surface area contributed by atoms with Crippen molar-refractivity contribution in [3.8, 4) is 0 Å². The van der Waals surface area contributed by atoms with Crippen LogP contribution in [0.5, 0.6) is 0 Å². The van der Waals surface area contributed by atoms with E-state index in [2.05, 4.69) is 10.5 Å². The maximum Gasteiger partial charge on any atom is 0.256 e. The molecule has 0 saturated carbocycles. The van der Waals surface area contributed by atoms with Gasteiger partial charge >= 0.3 is 0 Å². The molecule has 0 aromatic carbocycles. The van der Waals surface area contributed by atoms with E-state index in [4.69, 9.17) is 4.52 Å². The van der Waals surface area contributed by atoms with Crippen molar-refractivity contribution in [2.75, 3.05) is 0 Å². The minimum absolute atomic E-state index is 0.147. The number of nitrogens with zero attached hydrogens (tertiary/aromatic N) is 1. The second-order valence-electron chi connectivity index (χ2n) is 4.00. The molecule has 13 heavy (non-hydrogen) atoms. The Hall–Kier alpha value is -1.32. The van der Waals surface area contributed by atoms with Crippen molar-refractivity contribution in [1.82, 2.24) is 10.5 Å². The molecule has 0 fully saturated rings. The van der Waals surface area contributed by atoms with Crippen molar-refractivity contribution in [2.24, 2.45) is 0 Å². The highest BCUT2D eigenvalue weighted by Crippen LogP contribution is 2.08. The van der Waals surface area contributed by atoms with E-state index in [0.717, 1.165) is 0 Å². The highest BCUT2D eigenvalue weighted by Gasteiger charge is 2.18. The summed E-state index contributed by atoms with van der Waals surface area (Å²) in [5, 5.41) is 6.36. The van der Waals surface area contributed by atoms with E-state index >= 15 is 0 Å². The molecule has 1 N–H and O–H groups in total. The van der Waals surface area contributed by atoms with Gasteiger partial charge in [0.15, 0.2) is 0 Å². The highest BCUT2D eigenvalue weighted by molar-refractivity contribution is 5.95. The summed E-state index contributed by atoms with van der Waals surface area (Å²) in [5.74, 6) is 0.396. The molecule has 4 heteroatoms. The van der Waals surface area contributed by atoms with Gasteiger partial charge in [-0.1, -0.05) is 5.16 Å². The largest absolute Gasteiger partial charge is 0.361 e. The van der Waals surface area contributed by atoms with Crippen molar-refractivity contribution in [2.45, 2.75) is 33.2 Å². The van der Waals surface area contributed by atoms with Gasteiger partial charge in [0, 0.05) is 5.54 Å². The Labute approximate surface area is 77.3 Å². The number of hydrogen-bond donors (Lipinski definition) is 1. The van der Waals surface area contributed by atoms with E-state index < -0.39 is 0 Å². The number of hydrogen-bond acceptors (Lipinski definition) is 3. The van der Waals surface area contributed by atoms with Crippen molar-refractivity contribution < 1.29 is 9.32 Å². The standard InChI is InChI=1S/C9H14N2O2/c1-6-7(5-10-13-6)8(12)11-9(2,3)4/h5H,1-4H3,(H,11,12). The third kappa shape index (κ3) is 2.57. The van der Waals surface area contributed by atoms with Crippen LogP contribution in [-0.4, -0.2) is 16.6 Å². The zero-order chi connectivity index (χ0) is 10.1. The Morgan fingerprint density at radius 3 is 2.54 bits per heavy atom. The van der Waals surface area contributed by atoms with Crippen LogP contribution in [0.2, 0.25) is 0 Å². The van der Waals surface area contributed by atoms with Crippen LogP contribution >= 0.6 is 0 Å². The summed E-state index contributed by atoms with van der Waals surface area (Å²) in [6.07, 6.45) is 1.43. The minimum Gasteiger partial charge on any atom is -0.361 e. The Bertz CT molecular complexity index is 310. The molecule has 0 bridgehead atoms. The van der Waals surface area contributed by atoms with Crippen molar-refractivity contribution >= 4 is 5.91 Å². The normalized spacial score (nSPS) is 11.4. The Morgan fingerprint density at radius 1 is 1.54 bits per heavy atom. The molecule has 0 aliphatic heterocycles. The molecular formula is C9H14N2O2. The highest BCUT2D eigenvalue weighted by atomic mass is 16.5. The lowest BCUT2D eigenvalue weighted by Crippen LogP contribution is -2.40. The van der Waals surface area contributed by atoms with Crippen LogP contribution in [0.25, 0.3) is 0 Å². The molecule has 1 rings (SSSR count). The first kappa shape index (κ1) is 9.77. The number of rotatable bonds is 1. The molecule has 0 saturated heterocycles. The lowest BCUT2D eigenvalue weighted by molar-refractivity contribution is 0.0918. The summed E-state index contributed by atoms with van der Waals surface area (Å²) in [7, 11) is 0. The summed E-state index contributed by atoms with van der Waals surface area (Å²) in [5.41, 5.74) is 0.260. The van der Waals surface area contributed by atoms with Crippen molar-refractivity contribution in [3.63, 3.8) is 0 Å². The second-order valence-corrected chi connectivity index (χ2v) is 4.00. The smallest absolute Gasteiger partial charge is 0.256 e. The van der Waals surface area contributed by atoms with E-state index in [9.17, 15) is 4.79 Å². The van der Waals surface area contributed by atoms with Gasteiger partial charge in [0.05, 0.1) is 6.20 Å². The van der Waals surface area contributed by atoms with Gasteiger partial charge in [-0.15, -0.1) is 0 Å². The first-order valence-corrected chi connectivity index (χ1v) is 4.14. The molecule has 0 aliphatic rings. The fourth-order valence-corrected chi connectivity index (χ4v) is 0.925. The average Bonchev–Trinajstić information content (AvgIpc) is 2.30. The Kier molecular flexibility index (Phi) is 2.40. The SMILES string of the molecule is Cc1oncc1C(=O)NC(C)(C)C. The predicted octanol–water partition coefficient (Wildman–Crippen LogP) is 1.51. The van der Waals surface area contributed by atoms with Gasteiger partial charge in [0.25, 0.3) is 5.91 Å². The maximum absolute atomic E-state index is 11.5. The lowest BCUT2D eigenvalue weighted by Gasteiger charge is -2.19. The Morgan fingerprint density at radius 2 is 2.15 bits per heavy atom. The summed E-state index contributed by atoms with van der Waals surface area (Å²) < 4.78 is 4.79. The van der Waals surface area contributed by atoms with Gasteiger partial charge in [0.2, 0.25) is 0 Å². The summed E-state index contributed by atoms with van der Waals surface area (Å²) in [4.78, 5) is 11.5. The zero-order valence-corrected chi connectivity index (χ0v) is 8.34. The number of carbonyl (C=O) groups is 1. The molecule has 1 heterocycles. The summed E-state index contributed by atoms with van der Waals surface area (Å²) >= 11 is 0.